The van der Waals surface area contributed by atoms with E-state index in [0.717, 1.165) is 32.6 Å². The second-order valence-electron chi connectivity index (χ2n) is 4.55. The minimum atomic E-state index is -2.61. The lowest BCUT2D eigenvalue weighted by molar-refractivity contribution is -0.140. The third-order valence-corrected chi connectivity index (χ3v) is 3.97. The van der Waals surface area contributed by atoms with E-state index in [2.05, 4.69) is 6.92 Å². The van der Waals surface area contributed by atoms with Crippen LogP contribution in [-0.4, -0.2) is 30.0 Å². The number of rotatable bonds is 10. The molecule has 0 heterocycles. The van der Waals surface area contributed by atoms with Gasteiger partial charge in [0.2, 0.25) is 5.92 Å². The molecule has 0 rings (SSSR count). The van der Waals surface area contributed by atoms with Crippen LogP contribution in [0.25, 0.3) is 0 Å². The number of carbonyl (C=O) groups excluding carboxylic acids is 1. The van der Waals surface area contributed by atoms with Crippen LogP contribution < -0.4 is 0 Å². The van der Waals surface area contributed by atoms with Crippen molar-refractivity contribution in [2.45, 2.75) is 63.5 Å². The summed E-state index contributed by atoms with van der Waals surface area (Å²) in [7, 11) is 1.37. The lowest BCUT2D eigenvalue weighted by Crippen LogP contribution is -2.19. The molecule has 2 nitrogen and oxygen atoms in total. The van der Waals surface area contributed by atoms with E-state index in [4.69, 9.17) is 4.74 Å². The quantitative estimate of drug-likeness (QED) is 0.442. The van der Waals surface area contributed by atoms with E-state index in [9.17, 15) is 13.6 Å². The first-order chi connectivity index (χ1) is 8.40. The molecule has 0 aliphatic rings. The van der Waals surface area contributed by atoms with E-state index in [1.54, 1.807) is 0 Å². The summed E-state index contributed by atoms with van der Waals surface area (Å²) in [5, 5.41) is -0.202. The Balaban J connectivity index is 3.90. The van der Waals surface area contributed by atoms with E-state index in [-0.39, 0.29) is 17.6 Å². The number of hydrogen-bond donors (Lipinski definition) is 0. The molecule has 0 radical (unpaired) electrons. The minimum absolute atomic E-state index is 0.122. The highest BCUT2D eigenvalue weighted by molar-refractivity contribution is 8.00. The zero-order valence-electron chi connectivity index (χ0n) is 11.5. The summed E-state index contributed by atoms with van der Waals surface area (Å²) in [6.45, 7) is 3.03. The Kier molecular flexibility index (Phi) is 9.42. The molecule has 0 aliphatic heterocycles. The minimum Gasteiger partial charge on any atom is -0.468 e. The van der Waals surface area contributed by atoms with Crippen molar-refractivity contribution in [2.24, 2.45) is 0 Å². The van der Waals surface area contributed by atoms with Gasteiger partial charge in [-0.1, -0.05) is 26.2 Å². The highest BCUT2D eigenvalue weighted by Gasteiger charge is 2.22. The van der Waals surface area contributed by atoms with Gasteiger partial charge in [0.25, 0.3) is 0 Å². The van der Waals surface area contributed by atoms with Crippen LogP contribution >= 0.6 is 11.8 Å². The van der Waals surface area contributed by atoms with Gasteiger partial charge < -0.3 is 4.74 Å². The van der Waals surface area contributed by atoms with Gasteiger partial charge >= 0.3 is 5.97 Å². The fraction of sp³-hybridized carbons (Fsp3) is 0.923. The van der Waals surface area contributed by atoms with E-state index in [1.807, 2.05) is 0 Å². The number of unbranched alkanes of at least 4 members (excludes halogenated alkanes) is 2. The van der Waals surface area contributed by atoms with E-state index in [1.165, 1.54) is 18.9 Å². The molecule has 0 aliphatic carbocycles. The zero-order valence-corrected chi connectivity index (χ0v) is 12.3. The second kappa shape index (κ2) is 9.59. The number of hydrogen-bond acceptors (Lipinski definition) is 3. The van der Waals surface area contributed by atoms with Gasteiger partial charge in [-0.15, -0.1) is 11.8 Å². The summed E-state index contributed by atoms with van der Waals surface area (Å²) in [6, 6.07) is 0. The highest BCUT2D eigenvalue weighted by atomic mass is 32.2. The molecule has 0 saturated carbocycles. The van der Waals surface area contributed by atoms with Crippen LogP contribution in [0, 0.1) is 0 Å². The molecule has 18 heavy (non-hydrogen) atoms. The summed E-state index contributed by atoms with van der Waals surface area (Å²) < 4.78 is 30.0. The Bertz CT molecular complexity index is 230. The van der Waals surface area contributed by atoms with Crippen molar-refractivity contribution in [3.8, 4) is 0 Å². The van der Waals surface area contributed by atoms with Crippen LogP contribution in [-0.2, 0) is 9.53 Å². The number of alkyl halides is 2. The normalized spacial score (nSPS) is 13.4. The third-order valence-electron chi connectivity index (χ3n) is 2.61. The molecule has 0 aromatic heterocycles. The zero-order chi connectivity index (χ0) is 14.0. The Morgan fingerprint density at radius 3 is 2.50 bits per heavy atom. The summed E-state index contributed by atoms with van der Waals surface area (Å²) in [5.74, 6) is -2.27. The first-order valence-corrected chi connectivity index (χ1v) is 7.53. The maximum atomic E-state index is 12.6. The van der Waals surface area contributed by atoms with Crippen molar-refractivity contribution < 1.29 is 18.3 Å². The molecule has 0 saturated heterocycles. The standard InChI is InChI=1S/C13H24F2O2S/c1-4-5-6-8-11(12(16)17-3)18-10-7-9-13(2,14)15/h11H,4-10H2,1-3H3. The van der Waals surface area contributed by atoms with E-state index >= 15 is 0 Å². The predicted molar refractivity (Wildman–Crippen MR) is 72.3 cm³/mol. The number of thioether (sulfide) groups is 1. The Labute approximate surface area is 113 Å². The first-order valence-electron chi connectivity index (χ1n) is 6.48. The van der Waals surface area contributed by atoms with Crippen LogP contribution in [0.1, 0.15) is 52.4 Å². The van der Waals surface area contributed by atoms with Gasteiger partial charge in [-0.3, -0.25) is 4.79 Å². The lowest BCUT2D eigenvalue weighted by atomic mass is 10.1. The SMILES string of the molecule is CCCCCC(SCCCC(C)(F)F)C(=O)OC. The summed E-state index contributed by atoms with van der Waals surface area (Å²) in [6.07, 6.45) is 4.24. The molecule has 0 amide bonds. The predicted octanol–water partition coefficient (Wildman–Crippen LogP) is 4.28. The van der Waals surface area contributed by atoms with Gasteiger partial charge in [0.15, 0.2) is 0 Å². The van der Waals surface area contributed by atoms with Crippen molar-refractivity contribution in [1.29, 1.82) is 0 Å². The van der Waals surface area contributed by atoms with Crippen molar-refractivity contribution in [3.05, 3.63) is 0 Å². The van der Waals surface area contributed by atoms with Crippen molar-refractivity contribution in [3.63, 3.8) is 0 Å². The first kappa shape index (κ1) is 17.7. The number of methoxy groups -OCH3 is 1. The van der Waals surface area contributed by atoms with E-state index < -0.39 is 5.92 Å². The fourth-order valence-corrected chi connectivity index (χ4v) is 2.75. The Morgan fingerprint density at radius 2 is 2.00 bits per heavy atom. The van der Waals surface area contributed by atoms with Crippen LogP contribution in [0.15, 0.2) is 0 Å². The number of carbonyl (C=O) groups is 1. The topological polar surface area (TPSA) is 26.3 Å². The smallest absolute Gasteiger partial charge is 0.318 e. The van der Waals surface area contributed by atoms with Gasteiger partial charge in [-0.2, -0.15) is 0 Å². The monoisotopic (exact) mass is 282 g/mol. The van der Waals surface area contributed by atoms with E-state index in [0.29, 0.717) is 12.2 Å². The molecular weight excluding hydrogens is 258 g/mol. The molecule has 0 aromatic carbocycles. The van der Waals surface area contributed by atoms with Crippen LogP contribution in [0.5, 0.6) is 0 Å². The van der Waals surface area contributed by atoms with Gasteiger partial charge in [-0.05, 0) is 25.5 Å². The molecule has 0 fully saturated rings. The molecule has 0 bridgehead atoms. The Hall–Kier alpha value is -0.320. The number of ether oxygens (including phenoxy) is 1. The van der Waals surface area contributed by atoms with Crippen molar-refractivity contribution in [2.75, 3.05) is 12.9 Å². The van der Waals surface area contributed by atoms with Crippen LogP contribution in [0.3, 0.4) is 0 Å². The summed E-state index contributed by atoms with van der Waals surface area (Å²) in [4.78, 5) is 11.5. The molecule has 5 heteroatoms. The molecular formula is C13H24F2O2S. The lowest BCUT2D eigenvalue weighted by Gasteiger charge is -2.15. The molecule has 1 atom stereocenters. The van der Waals surface area contributed by atoms with Gasteiger partial charge in [-0.25, -0.2) is 8.78 Å². The maximum absolute atomic E-state index is 12.6. The fourth-order valence-electron chi connectivity index (χ4n) is 1.59. The molecule has 0 N–H and O–H groups in total. The van der Waals surface area contributed by atoms with Crippen LogP contribution in [0.2, 0.25) is 0 Å². The molecule has 0 aromatic rings. The van der Waals surface area contributed by atoms with Gasteiger partial charge in [0, 0.05) is 6.42 Å². The van der Waals surface area contributed by atoms with Crippen LogP contribution in [0.4, 0.5) is 8.78 Å². The Morgan fingerprint density at radius 1 is 1.33 bits per heavy atom. The highest BCUT2D eigenvalue weighted by Crippen LogP contribution is 2.24. The average Bonchev–Trinajstić information content (AvgIpc) is 2.30. The van der Waals surface area contributed by atoms with Gasteiger partial charge in [0.1, 0.15) is 5.25 Å². The number of halogens is 2. The number of esters is 1. The summed E-state index contributed by atoms with van der Waals surface area (Å²) >= 11 is 1.44. The molecule has 1 unspecified atom stereocenters. The third kappa shape index (κ3) is 9.68. The van der Waals surface area contributed by atoms with Gasteiger partial charge in [0.05, 0.1) is 7.11 Å². The molecule has 108 valence electrons. The van der Waals surface area contributed by atoms with Crippen molar-refractivity contribution in [1.82, 2.24) is 0 Å². The largest absolute Gasteiger partial charge is 0.468 e. The second-order valence-corrected chi connectivity index (χ2v) is 5.86. The molecule has 0 spiro atoms. The summed E-state index contributed by atoms with van der Waals surface area (Å²) in [5.41, 5.74) is 0. The van der Waals surface area contributed by atoms with Crippen molar-refractivity contribution >= 4 is 17.7 Å². The average molecular weight is 282 g/mol. The maximum Gasteiger partial charge on any atom is 0.318 e.